The van der Waals surface area contributed by atoms with Crippen LogP contribution in [0.4, 0.5) is 0 Å². The van der Waals surface area contributed by atoms with E-state index in [0.29, 0.717) is 11.9 Å². The number of hydrogen-bond donors (Lipinski definition) is 1. The zero-order chi connectivity index (χ0) is 15.9. The van der Waals surface area contributed by atoms with Gasteiger partial charge in [0.15, 0.2) is 0 Å². The van der Waals surface area contributed by atoms with Crippen LogP contribution in [0.25, 0.3) is 0 Å². The number of halogens is 1. The van der Waals surface area contributed by atoms with E-state index >= 15 is 0 Å². The quantitative estimate of drug-likeness (QED) is 0.906. The minimum absolute atomic E-state index is 0. The third-order valence-electron chi connectivity index (χ3n) is 5.85. The number of hydrogen-bond acceptors (Lipinski definition) is 3. The van der Waals surface area contributed by atoms with Crippen LogP contribution in [0.5, 0.6) is 0 Å². The second kappa shape index (κ2) is 7.03. The molecule has 2 heterocycles. The maximum Gasteiger partial charge on any atom is 0.233 e. The fourth-order valence-electron chi connectivity index (χ4n) is 4.27. The first-order chi connectivity index (χ1) is 11.2. The Morgan fingerprint density at radius 2 is 1.96 bits per heavy atom. The van der Waals surface area contributed by atoms with Crippen molar-refractivity contribution in [1.29, 1.82) is 0 Å². The lowest BCUT2D eigenvalue weighted by Crippen LogP contribution is -2.49. The summed E-state index contributed by atoms with van der Waals surface area (Å²) in [5.41, 5.74) is 2.28. The smallest absolute Gasteiger partial charge is 0.233 e. The fraction of sp³-hybridized carbons (Fsp3) is 0.632. The molecule has 0 radical (unpaired) electrons. The number of piperazine rings is 1. The van der Waals surface area contributed by atoms with Crippen LogP contribution in [-0.2, 0) is 10.2 Å². The first kappa shape index (κ1) is 17.7. The molecule has 2 saturated heterocycles. The molecule has 1 unspecified atom stereocenters. The number of carbonyl (C=O) groups excluding carboxylic acids is 1. The van der Waals surface area contributed by atoms with Crippen LogP contribution in [0, 0.1) is 6.92 Å². The molecule has 5 heteroatoms. The number of nitrogens with zero attached hydrogens (tertiary/aromatic N) is 2. The lowest BCUT2D eigenvalue weighted by molar-refractivity contribution is -0.133. The van der Waals surface area contributed by atoms with Gasteiger partial charge in [-0.05, 0) is 31.7 Å². The Bertz CT molecular complexity index is 596. The second-order valence-electron chi connectivity index (χ2n) is 7.43. The van der Waals surface area contributed by atoms with E-state index in [9.17, 15) is 4.79 Å². The van der Waals surface area contributed by atoms with Crippen molar-refractivity contribution in [2.24, 2.45) is 0 Å². The normalized spacial score (nSPS) is 26.0. The first-order valence-corrected chi connectivity index (χ1v) is 9.00. The van der Waals surface area contributed by atoms with Crippen LogP contribution in [0.1, 0.15) is 30.4 Å². The van der Waals surface area contributed by atoms with Gasteiger partial charge in [0.25, 0.3) is 0 Å². The van der Waals surface area contributed by atoms with Crippen LogP contribution >= 0.6 is 12.4 Å². The Balaban J connectivity index is 0.00000169. The van der Waals surface area contributed by atoms with Gasteiger partial charge >= 0.3 is 0 Å². The van der Waals surface area contributed by atoms with Crippen molar-refractivity contribution in [2.75, 3.05) is 39.3 Å². The van der Waals surface area contributed by atoms with Crippen molar-refractivity contribution in [3.8, 4) is 0 Å². The summed E-state index contributed by atoms with van der Waals surface area (Å²) in [5.74, 6) is 0.376. The van der Waals surface area contributed by atoms with Crippen LogP contribution in [0.2, 0.25) is 0 Å². The van der Waals surface area contributed by atoms with Crippen LogP contribution < -0.4 is 5.32 Å². The number of likely N-dealkylation sites (tertiary alicyclic amines) is 1. The molecular weight excluding hydrogens is 322 g/mol. The number of carbonyl (C=O) groups is 1. The van der Waals surface area contributed by atoms with Gasteiger partial charge in [0.2, 0.25) is 5.91 Å². The summed E-state index contributed by atoms with van der Waals surface area (Å²) in [4.78, 5) is 17.9. The van der Waals surface area contributed by atoms with Gasteiger partial charge in [-0.25, -0.2) is 0 Å². The molecule has 0 spiro atoms. The number of amides is 1. The molecule has 2 aliphatic heterocycles. The highest BCUT2D eigenvalue weighted by Gasteiger charge is 2.53. The van der Waals surface area contributed by atoms with Crippen LogP contribution in [-0.4, -0.2) is 61.0 Å². The maximum atomic E-state index is 13.2. The van der Waals surface area contributed by atoms with E-state index in [2.05, 4.69) is 46.3 Å². The average Bonchev–Trinajstić information content (AvgIpc) is 3.25. The Hall–Kier alpha value is -1.10. The minimum Gasteiger partial charge on any atom is -0.340 e. The number of rotatable bonds is 3. The van der Waals surface area contributed by atoms with Crippen molar-refractivity contribution >= 4 is 18.3 Å². The summed E-state index contributed by atoms with van der Waals surface area (Å²) in [6.07, 6.45) is 3.17. The minimum atomic E-state index is -0.204. The molecule has 0 aromatic heterocycles. The van der Waals surface area contributed by atoms with Gasteiger partial charge < -0.3 is 10.2 Å². The molecule has 3 fully saturated rings. The standard InChI is InChI=1S/C19H27N3O.ClH/c1-15-3-2-4-16(13-15)19(6-7-19)18(23)22-10-5-17(14-22)21-11-8-20-9-12-21;/h2-4,13,17,20H,5-12,14H2,1H3;1H. The van der Waals surface area contributed by atoms with Crippen molar-refractivity contribution in [3.05, 3.63) is 35.4 Å². The first-order valence-electron chi connectivity index (χ1n) is 9.00. The molecule has 1 aromatic rings. The topological polar surface area (TPSA) is 35.6 Å². The molecule has 4 rings (SSSR count). The summed E-state index contributed by atoms with van der Waals surface area (Å²) in [6.45, 7) is 8.37. The van der Waals surface area contributed by atoms with Crippen molar-refractivity contribution in [2.45, 2.75) is 37.6 Å². The highest BCUT2D eigenvalue weighted by Crippen LogP contribution is 2.50. The Labute approximate surface area is 151 Å². The number of aryl methyl sites for hydroxylation is 1. The van der Waals surface area contributed by atoms with Crippen molar-refractivity contribution in [3.63, 3.8) is 0 Å². The molecule has 3 aliphatic rings. The lowest BCUT2D eigenvalue weighted by atomic mass is 9.93. The highest BCUT2D eigenvalue weighted by atomic mass is 35.5. The summed E-state index contributed by atoms with van der Waals surface area (Å²) < 4.78 is 0. The molecule has 1 atom stereocenters. The number of nitrogens with one attached hydrogen (secondary N) is 1. The van der Waals surface area contributed by atoms with Gasteiger partial charge in [0, 0.05) is 45.3 Å². The average molecular weight is 350 g/mol. The highest BCUT2D eigenvalue weighted by molar-refractivity contribution is 5.91. The predicted molar refractivity (Wildman–Crippen MR) is 98.8 cm³/mol. The lowest BCUT2D eigenvalue weighted by Gasteiger charge is -2.33. The Morgan fingerprint density at radius 1 is 1.21 bits per heavy atom. The molecule has 4 nitrogen and oxygen atoms in total. The molecule has 1 saturated carbocycles. The Kier molecular flexibility index (Phi) is 5.19. The zero-order valence-corrected chi connectivity index (χ0v) is 15.3. The third-order valence-corrected chi connectivity index (χ3v) is 5.85. The van der Waals surface area contributed by atoms with E-state index < -0.39 is 0 Å². The van der Waals surface area contributed by atoms with Crippen molar-refractivity contribution < 1.29 is 4.79 Å². The summed E-state index contributed by atoms with van der Waals surface area (Å²) >= 11 is 0. The summed E-state index contributed by atoms with van der Waals surface area (Å²) in [6, 6.07) is 9.11. The van der Waals surface area contributed by atoms with Gasteiger partial charge in [0.05, 0.1) is 5.41 Å². The van der Waals surface area contributed by atoms with E-state index in [1.165, 1.54) is 11.1 Å². The van der Waals surface area contributed by atoms with E-state index in [4.69, 9.17) is 0 Å². The third kappa shape index (κ3) is 3.19. The molecule has 0 bridgehead atoms. The molecule has 1 N–H and O–H groups in total. The number of benzene rings is 1. The van der Waals surface area contributed by atoms with Gasteiger partial charge in [-0.3, -0.25) is 9.69 Å². The van der Waals surface area contributed by atoms with E-state index in [1.54, 1.807) is 0 Å². The zero-order valence-electron chi connectivity index (χ0n) is 14.5. The second-order valence-corrected chi connectivity index (χ2v) is 7.43. The van der Waals surface area contributed by atoms with Crippen LogP contribution in [0.15, 0.2) is 24.3 Å². The molecule has 24 heavy (non-hydrogen) atoms. The van der Waals surface area contributed by atoms with Gasteiger partial charge in [-0.2, -0.15) is 0 Å². The van der Waals surface area contributed by atoms with Crippen LogP contribution in [0.3, 0.4) is 0 Å². The van der Waals surface area contributed by atoms with E-state index in [1.807, 2.05) is 0 Å². The monoisotopic (exact) mass is 349 g/mol. The predicted octanol–water partition coefficient (Wildman–Crippen LogP) is 1.95. The molecule has 1 aliphatic carbocycles. The molecule has 132 valence electrons. The van der Waals surface area contributed by atoms with Gasteiger partial charge in [-0.15, -0.1) is 12.4 Å². The summed E-state index contributed by atoms with van der Waals surface area (Å²) in [7, 11) is 0. The molecule has 1 amide bonds. The molecular formula is C19H28ClN3O. The largest absolute Gasteiger partial charge is 0.340 e. The fourth-order valence-corrected chi connectivity index (χ4v) is 4.27. The van der Waals surface area contributed by atoms with Crippen molar-refractivity contribution in [1.82, 2.24) is 15.1 Å². The summed E-state index contributed by atoms with van der Waals surface area (Å²) in [5, 5.41) is 3.41. The van der Waals surface area contributed by atoms with Gasteiger partial charge in [-0.1, -0.05) is 29.8 Å². The van der Waals surface area contributed by atoms with E-state index in [0.717, 1.165) is 58.5 Å². The maximum absolute atomic E-state index is 13.2. The molecule has 1 aromatic carbocycles. The Morgan fingerprint density at radius 3 is 2.62 bits per heavy atom. The van der Waals surface area contributed by atoms with E-state index in [-0.39, 0.29) is 17.8 Å². The SMILES string of the molecule is Cc1cccc(C2(C(=O)N3CCC(N4CCNCC4)C3)CC2)c1.Cl. The van der Waals surface area contributed by atoms with Gasteiger partial charge in [0.1, 0.15) is 0 Å².